The topological polar surface area (TPSA) is 51.3 Å². The molecular formula is C10H13N3. The Morgan fingerprint density at radius 3 is 2.92 bits per heavy atom. The maximum Gasteiger partial charge on any atom is 0.126 e. The number of aryl methyl sites for hydroxylation is 1. The number of rotatable bonds is 2. The number of hydrogen-bond donors (Lipinski definition) is 1. The van der Waals surface area contributed by atoms with Crippen LogP contribution in [0.3, 0.4) is 0 Å². The monoisotopic (exact) mass is 175 g/mol. The van der Waals surface area contributed by atoms with Crippen LogP contribution in [0.1, 0.15) is 16.8 Å². The highest BCUT2D eigenvalue weighted by Gasteiger charge is 2.03. The van der Waals surface area contributed by atoms with Crippen LogP contribution < -0.4 is 5.73 Å². The van der Waals surface area contributed by atoms with Gasteiger partial charge in [0.15, 0.2) is 0 Å². The molecule has 1 heterocycles. The van der Waals surface area contributed by atoms with E-state index in [9.17, 15) is 0 Å². The fourth-order valence-corrected chi connectivity index (χ4v) is 1.08. The van der Waals surface area contributed by atoms with Crippen LogP contribution in [-0.2, 0) is 0 Å². The fraction of sp³-hybridized carbons (Fsp3) is 0.200. The first kappa shape index (κ1) is 9.45. The lowest BCUT2D eigenvalue weighted by molar-refractivity contribution is 1.18. The third-order valence-corrected chi connectivity index (χ3v) is 1.81. The van der Waals surface area contributed by atoms with Crippen LogP contribution in [0.25, 0.3) is 6.08 Å². The number of hydrogen-bond acceptors (Lipinski definition) is 2. The van der Waals surface area contributed by atoms with Gasteiger partial charge in [0.25, 0.3) is 0 Å². The molecule has 0 bridgehead atoms. The highest BCUT2D eigenvalue weighted by Crippen LogP contribution is 2.09. The predicted octanol–water partition coefficient (Wildman–Crippen LogP) is 1.37. The summed E-state index contributed by atoms with van der Waals surface area (Å²) in [6.07, 6.45) is 3.47. The summed E-state index contributed by atoms with van der Waals surface area (Å²) >= 11 is 0. The maximum absolute atomic E-state index is 5.71. The van der Waals surface area contributed by atoms with Crippen LogP contribution >= 0.6 is 0 Å². The van der Waals surface area contributed by atoms with Gasteiger partial charge < -0.3 is 5.73 Å². The molecule has 0 atom stereocenters. The molecule has 0 unspecified atom stereocenters. The number of aliphatic imine (C=N–C) groups is 1. The predicted molar refractivity (Wildman–Crippen MR) is 55.7 cm³/mol. The van der Waals surface area contributed by atoms with Gasteiger partial charge in [0, 0.05) is 30.1 Å². The molecule has 68 valence electrons. The van der Waals surface area contributed by atoms with Crippen LogP contribution in [0, 0.1) is 6.92 Å². The number of pyridine rings is 1. The number of aromatic nitrogens is 1. The largest absolute Gasteiger partial charge is 0.383 e. The van der Waals surface area contributed by atoms with Gasteiger partial charge in [-0.25, -0.2) is 0 Å². The lowest BCUT2D eigenvalue weighted by Crippen LogP contribution is -2.15. The Labute approximate surface area is 78.0 Å². The van der Waals surface area contributed by atoms with Crippen molar-refractivity contribution < 1.29 is 0 Å². The Hall–Kier alpha value is -1.64. The number of amidine groups is 1. The molecular weight excluding hydrogens is 162 g/mol. The molecule has 0 spiro atoms. The van der Waals surface area contributed by atoms with Crippen molar-refractivity contribution in [1.29, 1.82) is 0 Å². The Bertz CT molecular complexity index is 353. The first-order valence-electron chi connectivity index (χ1n) is 4.00. The van der Waals surface area contributed by atoms with Crippen molar-refractivity contribution in [2.75, 3.05) is 7.05 Å². The number of nitrogens with two attached hydrogens (primary N) is 1. The molecule has 0 fully saturated rings. The minimum absolute atomic E-state index is 0.514. The van der Waals surface area contributed by atoms with Crippen LogP contribution in [0.4, 0.5) is 0 Å². The van der Waals surface area contributed by atoms with Crippen molar-refractivity contribution in [1.82, 2.24) is 4.98 Å². The number of nitrogens with zero attached hydrogens (tertiary/aromatic N) is 2. The Balaban J connectivity index is 3.31. The second kappa shape index (κ2) is 3.85. The van der Waals surface area contributed by atoms with Crippen LogP contribution in [0.15, 0.2) is 23.8 Å². The Morgan fingerprint density at radius 2 is 2.38 bits per heavy atom. The molecule has 3 nitrogen and oxygen atoms in total. The van der Waals surface area contributed by atoms with Gasteiger partial charge in [-0.15, -0.1) is 0 Å². The molecule has 0 amide bonds. The summed E-state index contributed by atoms with van der Waals surface area (Å²) in [6, 6.07) is 1.90. The molecule has 1 aromatic rings. The van der Waals surface area contributed by atoms with E-state index < -0.39 is 0 Å². The smallest absolute Gasteiger partial charge is 0.126 e. The molecule has 0 aromatic carbocycles. The quantitative estimate of drug-likeness (QED) is 0.545. The molecule has 13 heavy (non-hydrogen) atoms. The molecule has 0 saturated heterocycles. The third kappa shape index (κ3) is 1.93. The molecule has 1 rings (SSSR count). The van der Waals surface area contributed by atoms with Gasteiger partial charge in [-0.2, -0.15) is 0 Å². The zero-order valence-electron chi connectivity index (χ0n) is 7.91. The molecule has 0 saturated carbocycles. The van der Waals surface area contributed by atoms with Crippen molar-refractivity contribution >= 4 is 11.9 Å². The second-order valence-corrected chi connectivity index (χ2v) is 2.73. The van der Waals surface area contributed by atoms with E-state index >= 15 is 0 Å². The van der Waals surface area contributed by atoms with Crippen molar-refractivity contribution in [3.8, 4) is 0 Å². The van der Waals surface area contributed by atoms with Gasteiger partial charge in [-0.05, 0) is 13.0 Å². The first-order valence-corrected chi connectivity index (χ1v) is 4.00. The third-order valence-electron chi connectivity index (χ3n) is 1.81. The van der Waals surface area contributed by atoms with Gasteiger partial charge in [0.1, 0.15) is 5.84 Å². The Kier molecular flexibility index (Phi) is 2.80. The summed E-state index contributed by atoms with van der Waals surface area (Å²) in [6.45, 7) is 5.60. The summed E-state index contributed by atoms with van der Waals surface area (Å²) in [7, 11) is 1.66. The van der Waals surface area contributed by atoms with Gasteiger partial charge in [0.05, 0.1) is 0 Å². The van der Waals surface area contributed by atoms with E-state index in [-0.39, 0.29) is 0 Å². The van der Waals surface area contributed by atoms with E-state index in [1.165, 1.54) is 0 Å². The molecule has 0 aliphatic carbocycles. The van der Waals surface area contributed by atoms with Gasteiger partial charge in [-0.3, -0.25) is 9.98 Å². The zero-order valence-corrected chi connectivity index (χ0v) is 7.91. The summed E-state index contributed by atoms with van der Waals surface area (Å²) in [4.78, 5) is 8.07. The average Bonchev–Trinajstić information content (AvgIpc) is 2.16. The van der Waals surface area contributed by atoms with Gasteiger partial charge in [-0.1, -0.05) is 12.7 Å². The summed E-state index contributed by atoms with van der Waals surface area (Å²) in [5.41, 5.74) is 8.44. The van der Waals surface area contributed by atoms with Crippen LogP contribution in [0.2, 0.25) is 0 Å². The zero-order chi connectivity index (χ0) is 9.84. The van der Waals surface area contributed by atoms with E-state index in [0.29, 0.717) is 5.84 Å². The molecule has 3 heteroatoms. The normalized spacial score (nSPS) is 11.4. The van der Waals surface area contributed by atoms with E-state index in [1.54, 1.807) is 19.3 Å². The molecule has 0 aliphatic heterocycles. The average molecular weight is 175 g/mol. The van der Waals surface area contributed by atoms with Crippen molar-refractivity contribution in [2.45, 2.75) is 6.92 Å². The highest BCUT2D eigenvalue weighted by atomic mass is 14.8. The minimum Gasteiger partial charge on any atom is -0.383 e. The highest BCUT2D eigenvalue weighted by molar-refractivity contribution is 6.00. The minimum atomic E-state index is 0.514. The fourth-order valence-electron chi connectivity index (χ4n) is 1.08. The van der Waals surface area contributed by atoms with Crippen molar-refractivity contribution in [3.63, 3.8) is 0 Å². The van der Waals surface area contributed by atoms with Crippen LogP contribution in [0.5, 0.6) is 0 Å². The van der Waals surface area contributed by atoms with Gasteiger partial charge in [0.2, 0.25) is 0 Å². The van der Waals surface area contributed by atoms with Gasteiger partial charge >= 0.3 is 0 Å². The molecule has 2 N–H and O–H groups in total. The lowest BCUT2D eigenvalue weighted by atomic mass is 10.1. The summed E-state index contributed by atoms with van der Waals surface area (Å²) in [5, 5.41) is 0. The van der Waals surface area contributed by atoms with E-state index in [1.807, 2.05) is 13.0 Å². The lowest BCUT2D eigenvalue weighted by Gasteiger charge is -2.04. The van der Waals surface area contributed by atoms with Crippen molar-refractivity contribution in [3.05, 3.63) is 35.7 Å². The Morgan fingerprint density at radius 1 is 1.69 bits per heavy atom. The summed E-state index contributed by atoms with van der Waals surface area (Å²) in [5.74, 6) is 0.514. The standard InChI is InChI=1S/C10H13N3/c1-4-8-6-13-7(2)5-9(8)10(11)12-3/h4-6H,1H2,2-3H3,(H2,11,12). The first-order chi connectivity index (χ1) is 6.19. The SMILES string of the molecule is C=Cc1cnc(C)cc1C(N)=NC. The maximum atomic E-state index is 5.71. The van der Waals surface area contributed by atoms with E-state index in [4.69, 9.17) is 5.73 Å². The second-order valence-electron chi connectivity index (χ2n) is 2.73. The molecule has 0 aliphatic rings. The summed E-state index contributed by atoms with van der Waals surface area (Å²) < 4.78 is 0. The van der Waals surface area contributed by atoms with E-state index in [2.05, 4.69) is 16.6 Å². The molecule has 1 aromatic heterocycles. The van der Waals surface area contributed by atoms with Crippen molar-refractivity contribution in [2.24, 2.45) is 10.7 Å². The molecule has 0 radical (unpaired) electrons. The van der Waals surface area contributed by atoms with Crippen LogP contribution in [-0.4, -0.2) is 17.9 Å². The van der Waals surface area contributed by atoms with E-state index in [0.717, 1.165) is 16.8 Å².